The Morgan fingerprint density at radius 3 is 2.68 bits per heavy atom. The van der Waals surface area contributed by atoms with Gasteiger partial charge in [-0.05, 0) is 29.3 Å². The quantitative estimate of drug-likeness (QED) is 0.909. The van der Waals surface area contributed by atoms with Crippen molar-refractivity contribution in [2.45, 2.75) is 6.92 Å². The lowest BCUT2D eigenvalue weighted by Gasteiger charge is -2.06. The van der Waals surface area contributed by atoms with E-state index >= 15 is 0 Å². The van der Waals surface area contributed by atoms with Gasteiger partial charge in [0.2, 0.25) is 0 Å². The molecule has 2 aromatic rings. The third-order valence-corrected chi connectivity index (χ3v) is 4.44. The smallest absolute Gasteiger partial charge is 0.348 e. The SMILES string of the molecule is COc1ccsc1C(=O)Nc1c(C)csc1C(=O)O. The molecule has 7 heteroatoms. The van der Waals surface area contributed by atoms with Gasteiger partial charge in [0.05, 0.1) is 12.8 Å². The number of aromatic carboxylic acids is 1. The van der Waals surface area contributed by atoms with Gasteiger partial charge in [-0.15, -0.1) is 22.7 Å². The lowest BCUT2D eigenvalue weighted by atomic mass is 10.2. The van der Waals surface area contributed by atoms with E-state index in [4.69, 9.17) is 9.84 Å². The minimum Gasteiger partial charge on any atom is -0.495 e. The number of aryl methyl sites for hydroxylation is 1. The summed E-state index contributed by atoms with van der Waals surface area (Å²) in [5.74, 6) is -0.936. The molecule has 1 amide bonds. The first-order chi connectivity index (χ1) is 9.04. The monoisotopic (exact) mass is 297 g/mol. The molecule has 100 valence electrons. The van der Waals surface area contributed by atoms with Gasteiger partial charge in [-0.25, -0.2) is 4.79 Å². The number of carbonyl (C=O) groups is 2. The molecule has 19 heavy (non-hydrogen) atoms. The molecule has 0 atom stereocenters. The highest BCUT2D eigenvalue weighted by molar-refractivity contribution is 7.13. The van der Waals surface area contributed by atoms with Crippen molar-refractivity contribution >= 4 is 40.2 Å². The summed E-state index contributed by atoms with van der Waals surface area (Å²) >= 11 is 2.33. The number of amides is 1. The number of thiophene rings is 2. The van der Waals surface area contributed by atoms with E-state index in [1.54, 1.807) is 23.8 Å². The molecule has 2 rings (SSSR count). The molecule has 0 aliphatic carbocycles. The van der Waals surface area contributed by atoms with Gasteiger partial charge in [0, 0.05) is 0 Å². The van der Waals surface area contributed by atoms with Crippen LogP contribution >= 0.6 is 22.7 Å². The van der Waals surface area contributed by atoms with Crippen LogP contribution in [0.3, 0.4) is 0 Å². The van der Waals surface area contributed by atoms with E-state index in [2.05, 4.69) is 5.32 Å². The van der Waals surface area contributed by atoms with Crippen LogP contribution in [0.5, 0.6) is 5.75 Å². The molecule has 0 aliphatic heterocycles. The molecule has 0 fully saturated rings. The van der Waals surface area contributed by atoms with E-state index < -0.39 is 5.97 Å². The van der Waals surface area contributed by atoms with E-state index in [-0.39, 0.29) is 10.8 Å². The molecule has 0 spiro atoms. The topological polar surface area (TPSA) is 75.6 Å². The maximum Gasteiger partial charge on any atom is 0.348 e. The molecular formula is C12H11NO4S2. The number of anilines is 1. The summed E-state index contributed by atoms with van der Waals surface area (Å²) in [6, 6.07) is 1.69. The minimum atomic E-state index is -1.05. The molecule has 0 radical (unpaired) electrons. The number of nitrogens with one attached hydrogen (secondary N) is 1. The second kappa shape index (κ2) is 5.41. The maximum atomic E-state index is 12.1. The van der Waals surface area contributed by atoms with Crippen molar-refractivity contribution < 1.29 is 19.4 Å². The number of rotatable bonds is 4. The van der Waals surface area contributed by atoms with Gasteiger partial charge < -0.3 is 15.2 Å². The highest BCUT2D eigenvalue weighted by atomic mass is 32.1. The Balaban J connectivity index is 2.29. The van der Waals surface area contributed by atoms with Crippen molar-refractivity contribution in [1.29, 1.82) is 0 Å². The zero-order valence-electron chi connectivity index (χ0n) is 10.2. The zero-order valence-corrected chi connectivity index (χ0v) is 11.9. The number of methoxy groups -OCH3 is 1. The third-order valence-electron chi connectivity index (χ3n) is 2.46. The molecule has 5 nitrogen and oxygen atoms in total. The summed E-state index contributed by atoms with van der Waals surface area (Å²) in [5.41, 5.74) is 1.07. The van der Waals surface area contributed by atoms with E-state index in [1.165, 1.54) is 18.4 Å². The number of carbonyl (C=O) groups excluding carboxylic acids is 1. The van der Waals surface area contributed by atoms with Crippen LogP contribution < -0.4 is 10.1 Å². The molecule has 0 saturated heterocycles. The van der Waals surface area contributed by atoms with Crippen LogP contribution in [0.4, 0.5) is 5.69 Å². The number of carboxylic acid groups (broad SMARTS) is 1. The summed E-state index contributed by atoms with van der Waals surface area (Å²) in [6.45, 7) is 1.75. The molecule has 0 aromatic carbocycles. The fourth-order valence-corrected chi connectivity index (χ4v) is 3.15. The first-order valence-electron chi connectivity index (χ1n) is 5.28. The lowest BCUT2D eigenvalue weighted by molar-refractivity contribution is 0.0703. The Kier molecular flexibility index (Phi) is 3.87. The molecule has 0 saturated carbocycles. The Hall–Kier alpha value is -1.86. The van der Waals surface area contributed by atoms with Crippen LogP contribution in [0.25, 0.3) is 0 Å². The third kappa shape index (κ3) is 2.61. The summed E-state index contributed by atoms with van der Waals surface area (Å²) in [6.07, 6.45) is 0. The molecule has 0 aliphatic rings. The fraction of sp³-hybridized carbons (Fsp3) is 0.167. The number of ether oxygens (including phenoxy) is 1. The van der Waals surface area contributed by atoms with Crippen molar-refractivity contribution in [1.82, 2.24) is 0 Å². The molecule has 0 bridgehead atoms. The number of hydrogen-bond acceptors (Lipinski definition) is 5. The Morgan fingerprint density at radius 2 is 2.05 bits per heavy atom. The maximum absolute atomic E-state index is 12.1. The minimum absolute atomic E-state index is 0.126. The van der Waals surface area contributed by atoms with Crippen molar-refractivity contribution in [3.8, 4) is 5.75 Å². The average Bonchev–Trinajstić information content (AvgIpc) is 2.96. The van der Waals surface area contributed by atoms with Gasteiger partial charge in [-0.2, -0.15) is 0 Å². The van der Waals surface area contributed by atoms with Crippen LogP contribution in [0.2, 0.25) is 0 Å². The Labute approximate surface area is 117 Å². The molecule has 2 N–H and O–H groups in total. The van der Waals surface area contributed by atoms with Crippen molar-refractivity contribution in [3.63, 3.8) is 0 Å². The standard InChI is InChI=1S/C12H11NO4S2/c1-6-5-19-10(12(15)16)8(6)13-11(14)9-7(17-2)3-4-18-9/h3-5H,1-2H3,(H,13,14)(H,15,16). The van der Waals surface area contributed by atoms with Crippen LogP contribution in [-0.4, -0.2) is 24.1 Å². The van der Waals surface area contributed by atoms with Crippen molar-refractivity contribution in [2.75, 3.05) is 12.4 Å². The van der Waals surface area contributed by atoms with Crippen molar-refractivity contribution in [2.24, 2.45) is 0 Å². The van der Waals surface area contributed by atoms with E-state index in [0.29, 0.717) is 16.3 Å². The molecular weight excluding hydrogens is 286 g/mol. The second-order valence-electron chi connectivity index (χ2n) is 3.70. The first kappa shape index (κ1) is 13.6. The molecule has 2 heterocycles. The summed E-state index contributed by atoms with van der Waals surface area (Å²) in [4.78, 5) is 23.7. The summed E-state index contributed by atoms with van der Waals surface area (Å²) in [7, 11) is 1.48. The van der Waals surface area contributed by atoms with Gasteiger partial charge in [0.1, 0.15) is 15.5 Å². The Morgan fingerprint density at radius 1 is 1.32 bits per heavy atom. The highest BCUT2D eigenvalue weighted by Gasteiger charge is 2.20. The van der Waals surface area contributed by atoms with Gasteiger partial charge >= 0.3 is 5.97 Å². The number of hydrogen-bond donors (Lipinski definition) is 2. The summed E-state index contributed by atoms with van der Waals surface area (Å²) in [5, 5.41) is 15.1. The van der Waals surface area contributed by atoms with E-state index in [0.717, 1.165) is 16.9 Å². The van der Waals surface area contributed by atoms with Gasteiger partial charge in [0.25, 0.3) is 5.91 Å². The van der Waals surface area contributed by atoms with Crippen molar-refractivity contribution in [3.05, 3.63) is 32.1 Å². The van der Waals surface area contributed by atoms with Gasteiger partial charge in [-0.1, -0.05) is 0 Å². The van der Waals surface area contributed by atoms with Gasteiger partial charge in [0.15, 0.2) is 0 Å². The number of carboxylic acids is 1. The van der Waals surface area contributed by atoms with Crippen LogP contribution in [0.15, 0.2) is 16.8 Å². The second-order valence-corrected chi connectivity index (χ2v) is 5.50. The van der Waals surface area contributed by atoms with Gasteiger partial charge in [-0.3, -0.25) is 4.79 Å². The zero-order chi connectivity index (χ0) is 14.0. The van der Waals surface area contributed by atoms with Crippen LogP contribution in [-0.2, 0) is 0 Å². The molecule has 2 aromatic heterocycles. The first-order valence-corrected chi connectivity index (χ1v) is 7.04. The fourth-order valence-electron chi connectivity index (χ4n) is 1.55. The highest BCUT2D eigenvalue weighted by Crippen LogP contribution is 2.30. The largest absolute Gasteiger partial charge is 0.495 e. The van der Waals surface area contributed by atoms with Crippen LogP contribution in [0.1, 0.15) is 24.9 Å². The summed E-state index contributed by atoms with van der Waals surface area (Å²) < 4.78 is 5.07. The molecule has 0 unspecified atom stereocenters. The van der Waals surface area contributed by atoms with E-state index in [1.807, 2.05) is 0 Å². The predicted octanol–water partition coefficient (Wildman–Crippen LogP) is 3.08. The Bertz CT molecular complexity index is 629. The lowest BCUT2D eigenvalue weighted by Crippen LogP contribution is -2.13. The predicted molar refractivity (Wildman–Crippen MR) is 74.8 cm³/mol. The normalized spacial score (nSPS) is 10.2. The average molecular weight is 297 g/mol. The van der Waals surface area contributed by atoms with Crippen LogP contribution in [0, 0.1) is 6.92 Å². The van der Waals surface area contributed by atoms with E-state index in [9.17, 15) is 9.59 Å².